The van der Waals surface area contributed by atoms with Crippen LogP contribution in [0, 0.1) is 0 Å². The molecule has 2 fully saturated rings. The minimum absolute atomic E-state index is 0.0488. The molecule has 1 N–H and O–H groups in total. The first-order valence-electron chi connectivity index (χ1n) is 7.79. The second-order valence-corrected chi connectivity index (χ2v) is 5.97. The van der Waals surface area contributed by atoms with Crippen LogP contribution in [0.15, 0.2) is 0 Å². The second-order valence-electron chi connectivity index (χ2n) is 5.97. The van der Waals surface area contributed by atoms with Gasteiger partial charge in [-0.1, -0.05) is 25.7 Å². The minimum atomic E-state index is -0.259. The average Bonchev–Trinajstić information content (AvgIpc) is 3.10. The molecule has 2 aliphatic rings. The maximum absolute atomic E-state index is 12.1. The summed E-state index contributed by atoms with van der Waals surface area (Å²) in [6.45, 7) is 0.537. The summed E-state index contributed by atoms with van der Waals surface area (Å²) in [7, 11) is 1.40. The summed E-state index contributed by atoms with van der Waals surface area (Å²) in [5.41, 5.74) is 0. The SMILES string of the molecule is COC(=O)CN(CC(=O)NC1CCCC1)C1CCCC1. The predicted molar refractivity (Wildman–Crippen MR) is 76.2 cm³/mol. The monoisotopic (exact) mass is 282 g/mol. The molecule has 0 aromatic heterocycles. The van der Waals surface area contributed by atoms with Gasteiger partial charge in [0.2, 0.25) is 5.91 Å². The average molecular weight is 282 g/mol. The molecule has 2 aliphatic carbocycles. The lowest BCUT2D eigenvalue weighted by atomic mass is 10.2. The van der Waals surface area contributed by atoms with Crippen LogP contribution >= 0.6 is 0 Å². The molecule has 2 rings (SSSR count). The summed E-state index contributed by atoms with van der Waals surface area (Å²) in [6.07, 6.45) is 9.12. The van der Waals surface area contributed by atoms with Crippen LogP contribution in [-0.2, 0) is 14.3 Å². The summed E-state index contributed by atoms with van der Waals surface area (Å²) in [5, 5.41) is 3.09. The molecule has 0 unspecified atom stereocenters. The molecule has 2 saturated carbocycles. The highest BCUT2D eigenvalue weighted by Crippen LogP contribution is 2.23. The highest BCUT2D eigenvalue weighted by atomic mass is 16.5. The van der Waals surface area contributed by atoms with Gasteiger partial charge in [0.1, 0.15) is 0 Å². The topological polar surface area (TPSA) is 58.6 Å². The lowest BCUT2D eigenvalue weighted by Gasteiger charge is -2.27. The Bertz CT molecular complexity index is 334. The number of nitrogens with one attached hydrogen (secondary N) is 1. The Morgan fingerprint density at radius 2 is 1.65 bits per heavy atom. The van der Waals surface area contributed by atoms with Crippen molar-refractivity contribution in [2.24, 2.45) is 0 Å². The van der Waals surface area contributed by atoms with E-state index in [0.29, 0.717) is 18.6 Å². The Labute approximate surface area is 121 Å². The number of nitrogens with zero attached hydrogens (tertiary/aromatic N) is 1. The van der Waals surface area contributed by atoms with E-state index >= 15 is 0 Å². The second kappa shape index (κ2) is 7.62. The van der Waals surface area contributed by atoms with Gasteiger partial charge in [0.25, 0.3) is 0 Å². The van der Waals surface area contributed by atoms with Crippen molar-refractivity contribution in [3.8, 4) is 0 Å². The lowest BCUT2D eigenvalue weighted by Crippen LogP contribution is -2.46. The summed E-state index contributed by atoms with van der Waals surface area (Å²) in [6, 6.07) is 0.689. The van der Waals surface area contributed by atoms with Crippen molar-refractivity contribution in [2.75, 3.05) is 20.2 Å². The fraction of sp³-hybridized carbons (Fsp3) is 0.867. The van der Waals surface area contributed by atoms with Gasteiger partial charge in [-0.25, -0.2) is 0 Å². The molecule has 114 valence electrons. The van der Waals surface area contributed by atoms with Crippen LogP contribution in [0.4, 0.5) is 0 Å². The van der Waals surface area contributed by atoms with Gasteiger partial charge in [0.05, 0.1) is 20.2 Å². The third-order valence-corrected chi connectivity index (χ3v) is 4.47. The number of hydrogen-bond acceptors (Lipinski definition) is 4. The first-order chi connectivity index (χ1) is 9.69. The van der Waals surface area contributed by atoms with E-state index in [1.54, 1.807) is 0 Å². The standard InChI is InChI=1S/C15H26N2O3/c1-20-15(19)11-17(13-8-4-5-9-13)10-14(18)16-12-6-2-3-7-12/h12-13H,2-11H2,1H3,(H,16,18). The smallest absolute Gasteiger partial charge is 0.319 e. The minimum Gasteiger partial charge on any atom is -0.468 e. The zero-order chi connectivity index (χ0) is 14.4. The first-order valence-corrected chi connectivity index (χ1v) is 7.79. The number of amides is 1. The Morgan fingerprint density at radius 3 is 2.25 bits per heavy atom. The van der Waals surface area contributed by atoms with Gasteiger partial charge in [-0.2, -0.15) is 0 Å². The molecule has 0 radical (unpaired) electrons. The highest BCUT2D eigenvalue weighted by molar-refractivity contribution is 5.79. The van der Waals surface area contributed by atoms with E-state index in [1.165, 1.54) is 32.8 Å². The maximum atomic E-state index is 12.1. The molecular formula is C15H26N2O3. The zero-order valence-corrected chi connectivity index (χ0v) is 12.4. The van der Waals surface area contributed by atoms with Crippen molar-refractivity contribution in [3.63, 3.8) is 0 Å². The van der Waals surface area contributed by atoms with Crippen molar-refractivity contribution in [2.45, 2.75) is 63.5 Å². The summed E-state index contributed by atoms with van der Waals surface area (Å²) in [4.78, 5) is 25.6. The number of hydrogen-bond donors (Lipinski definition) is 1. The molecule has 0 bridgehead atoms. The molecule has 0 aromatic carbocycles. The maximum Gasteiger partial charge on any atom is 0.319 e. The lowest BCUT2D eigenvalue weighted by molar-refractivity contribution is -0.143. The number of carbonyl (C=O) groups is 2. The van der Waals surface area contributed by atoms with Crippen molar-refractivity contribution < 1.29 is 14.3 Å². The van der Waals surface area contributed by atoms with E-state index in [4.69, 9.17) is 4.74 Å². The van der Waals surface area contributed by atoms with Crippen LogP contribution in [0.2, 0.25) is 0 Å². The van der Waals surface area contributed by atoms with E-state index in [2.05, 4.69) is 5.32 Å². The Kier molecular flexibility index (Phi) is 5.83. The Balaban J connectivity index is 1.84. The van der Waals surface area contributed by atoms with Crippen molar-refractivity contribution in [3.05, 3.63) is 0 Å². The number of methoxy groups -OCH3 is 1. The van der Waals surface area contributed by atoms with Gasteiger partial charge in [-0.15, -0.1) is 0 Å². The fourth-order valence-electron chi connectivity index (χ4n) is 3.34. The number of ether oxygens (including phenoxy) is 1. The number of rotatable bonds is 6. The Hall–Kier alpha value is -1.10. The van der Waals surface area contributed by atoms with Gasteiger partial charge in [-0.05, 0) is 25.7 Å². The van der Waals surface area contributed by atoms with Crippen LogP contribution in [0.1, 0.15) is 51.4 Å². The van der Waals surface area contributed by atoms with Crippen LogP contribution in [-0.4, -0.2) is 49.1 Å². The molecule has 1 amide bonds. The molecule has 0 saturated heterocycles. The van der Waals surface area contributed by atoms with Gasteiger partial charge >= 0.3 is 5.97 Å². The fourth-order valence-corrected chi connectivity index (χ4v) is 3.34. The number of carbonyl (C=O) groups excluding carboxylic acids is 2. The van der Waals surface area contributed by atoms with E-state index in [1.807, 2.05) is 4.90 Å². The van der Waals surface area contributed by atoms with Gasteiger partial charge in [0.15, 0.2) is 0 Å². The largest absolute Gasteiger partial charge is 0.468 e. The van der Waals surface area contributed by atoms with Crippen molar-refractivity contribution in [1.29, 1.82) is 0 Å². The molecule has 20 heavy (non-hydrogen) atoms. The summed E-state index contributed by atoms with van der Waals surface area (Å²) in [5.74, 6) is -0.210. The summed E-state index contributed by atoms with van der Waals surface area (Å²) < 4.78 is 4.74. The molecule has 0 heterocycles. The molecule has 0 atom stereocenters. The van der Waals surface area contributed by atoms with Crippen molar-refractivity contribution in [1.82, 2.24) is 10.2 Å². The van der Waals surface area contributed by atoms with Crippen LogP contribution < -0.4 is 5.32 Å². The normalized spacial score (nSPS) is 20.5. The van der Waals surface area contributed by atoms with E-state index in [9.17, 15) is 9.59 Å². The molecule has 0 aliphatic heterocycles. The molecule has 0 aromatic rings. The highest BCUT2D eigenvalue weighted by Gasteiger charge is 2.27. The van der Waals surface area contributed by atoms with Crippen LogP contribution in [0.5, 0.6) is 0 Å². The van der Waals surface area contributed by atoms with E-state index in [-0.39, 0.29) is 18.4 Å². The number of esters is 1. The molecule has 0 spiro atoms. The van der Waals surface area contributed by atoms with Gasteiger partial charge < -0.3 is 10.1 Å². The molecular weight excluding hydrogens is 256 g/mol. The zero-order valence-electron chi connectivity index (χ0n) is 12.4. The molecule has 5 nitrogen and oxygen atoms in total. The third-order valence-electron chi connectivity index (χ3n) is 4.47. The van der Waals surface area contributed by atoms with Gasteiger partial charge in [-0.3, -0.25) is 14.5 Å². The Morgan fingerprint density at radius 1 is 1.05 bits per heavy atom. The van der Waals surface area contributed by atoms with E-state index < -0.39 is 0 Å². The van der Waals surface area contributed by atoms with Crippen molar-refractivity contribution >= 4 is 11.9 Å². The summed E-state index contributed by atoms with van der Waals surface area (Å²) >= 11 is 0. The quantitative estimate of drug-likeness (QED) is 0.749. The third kappa shape index (κ3) is 4.47. The van der Waals surface area contributed by atoms with Crippen LogP contribution in [0.3, 0.4) is 0 Å². The predicted octanol–water partition coefficient (Wildman–Crippen LogP) is 1.46. The first kappa shape index (κ1) is 15.3. The molecule has 5 heteroatoms. The van der Waals surface area contributed by atoms with Crippen LogP contribution in [0.25, 0.3) is 0 Å². The van der Waals surface area contributed by atoms with Gasteiger partial charge in [0, 0.05) is 12.1 Å². The van der Waals surface area contributed by atoms with E-state index in [0.717, 1.165) is 25.7 Å².